The van der Waals surface area contributed by atoms with Crippen LogP contribution in [0.2, 0.25) is 0 Å². The molecule has 146 valence electrons. The Labute approximate surface area is 163 Å². The van der Waals surface area contributed by atoms with Crippen LogP contribution in [0.1, 0.15) is 31.4 Å². The molecule has 2 heterocycles. The number of nitrogens with one attached hydrogen (secondary N) is 1. The molecule has 28 heavy (non-hydrogen) atoms. The Morgan fingerprint density at radius 3 is 2.18 bits per heavy atom. The molecule has 0 bridgehead atoms. The van der Waals surface area contributed by atoms with Gasteiger partial charge in [-0.3, -0.25) is 14.5 Å². The van der Waals surface area contributed by atoms with Crippen LogP contribution >= 0.6 is 0 Å². The van der Waals surface area contributed by atoms with Gasteiger partial charge in [0.05, 0.1) is 22.4 Å². The Kier molecular flexibility index (Phi) is 4.62. The van der Waals surface area contributed by atoms with Crippen LogP contribution in [0.5, 0.6) is 0 Å². The number of sulfonamides is 1. The zero-order chi connectivity index (χ0) is 19.9. The molecule has 2 aliphatic rings. The maximum atomic E-state index is 12.7. The minimum absolute atomic E-state index is 0.00197. The Morgan fingerprint density at radius 1 is 1.00 bits per heavy atom. The van der Waals surface area contributed by atoms with Crippen molar-refractivity contribution in [1.82, 2.24) is 9.97 Å². The van der Waals surface area contributed by atoms with Crippen LogP contribution in [0.25, 0.3) is 0 Å². The predicted octanol–water partition coefficient (Wildman–Crippen LogP) is 2.27. The molecule has 1 saturated heterocycles. The van der Waals surface area contributed by atoms with Crippen molar-refractivity contribution in [1.29, 1.82) is 0 Å². The molecule has 1 saturated carbocycles. The van der Waals surface area contributed by atoms with E-state index in [0.717, 1.165) is 25.7 Å². The maximum Gasteiger partial charge on any atom is 0.264 e. The second kappa shape index (κ2) is 6.97. The largest absolute Gasteiger partial charge is 0.274 e. The van der Waals surface area contributed by atoms with E-state index in [1.807, 2.05) is 0 Å². The lowest BCUT2D eigenvalue weighted by molar-refractivity contribution is -0.122. The number of benzene rings is 1. The van der Waals surface area contributed by atoms with Gasteiger partial charge in [-0.25, -0.2) is 23.1 Å². The van der Waals surface area contributed by atoms with E-state index < -0.39 is 10.0 Å². The number of amides is 2. The molecular weight excluding hydrogens is 380 g/mol. The lowest BCUT2D eigenvalue weighted by atomic mass is 9.81. The molecule has 1 aromatic heterocycles. The summed E-state index contributed by atoms with van der Waals surface area (Å²) in [6.07, 6.45) is 4.85. The number of rotatable bonds is 4. The fourth-order valence-corrected chi connectivity index (χ4v) is 4.82. The van der Waals surface area contributed by atoms with Crippen LogP contribution < -0.4 is 9.62 Å². The predicted molar refractivity (Wildman–Crippen MR) is 102 cm³/mol. The van der Waals surface area contributed by atoms with Crippen molar-refractivity contribution in [3.8, 4) is 0 Å². The van der Waals surface area contributed by atoms with Crippen LogP contribution in [-0.2, 0) is 19.6 Å². The molecule has 4 rings (SSSR count). The third-order valence-corrected chi connectivity index (χ3v) is 6.61. The first-order chi connectivity index (χ1) is 13.4. The molecule has 1 aromatic carbocycles. The molecular formula is C19H20N4O4S. The fraction of sp³-hybridized carbons (Fsp3) is 0.368. The lowest BCUT2D eigenvalue weighted by Crippen LogP contribution is -2.30. The highest BCUT2D eigenvalue weighted by Crippen LogP contribution is 2.40. The van der Waals surface area contributed by atoms with Crippen molar-refractivity contribution in [3.05, 3.63) is 42.2 Å². The van der Waals surface area contributed by atoms with E-state index in [1.165, 1.54) is 35.4 Å². The van der Waals surface area contributed by atoms with E-state index in [1.54, 1.807) is 13.0 Å². The van der Waals surface area contributed by atoms with Gasteiger partial charge in [0.15, 0.2) is 0 Å². The Balaban J connectivity index is 1.57. The van der Waals surface area contributed by atoms with Gasteiger partial charge in [-0.2, -0.15) is 0 Å². The number of fused-ring (bicyclic) bond motifs is 1. The second-order valence-corrected chi connectivity index (χ2v) is 8.81. The van der Waals surface area contributed by atoms with Gasteiger partial charge in [-0.05, 0) is 50.1 Å². The molecule has 1 aliphatic carbocycles. The van der Waals surface area contributed by atoms with Gasteiger partial charge in [-0.15, -0.1) is 0 Å². The number of carbonyl (C=O) groups is 2. The SMILES string of the molecule is Cc1ccnc(NS(=O)(=O)c2ccc(N3C(=O)[C@@H]4CCCC[C@H]4C3=O)cc2)n1. The van der Waals surface area contributed by atoms with Gasteiger partial charge in [0.1, 0.15) is 0 Å². The van der Waals surface area contributed by atoms with Crippen LogP contribution in [0, 0.1) is 18.8 Å². The number of aromatic nitrogens is 2. The van der Waals surface area contributed by atoms with Gasteiger partial charge in [0.25, 0.3) is 10.0 Å². The van der Waals surface area contributed by atoms with E-state index in [-0.39, 0.29) is 34.5 Å². The van der Waals surface area contributed by atoms with Gasteiger partial charge in [-0.1, -0.05) is 12.8 Å². The third-order valence-electron chi connectivity index (χ3n) is 5.27. The second-order valence-electron chi connectivity index (χ2n) is 7.13. The summed E-state index contributed by atoms with van der Waals surface area (Å²) >= 11 is 0. The Morgan fingerprint density at radius 2 is 1.61 bits per heavy atom. The standard InChI is InChI=1S/C19H20N4O4S/c1-12-10-11-20-19(21-12)22-28(26,27)14-8-6-13(7-9-14)23-17(24)15-4-2-3-5-16(15)18(23)25/h6-11,15-16H,2-5H2,1H3,(H,20,21,22)/t15-,16-/m1/s1. The molecule has 1 aliphatic heterocycles. The summed E-state index contributed by atoms with van der Waals surface area (Å²) in [5.41, 5.74) is 1.03. The summed E-state index contributed by atoms with van der Waals surface area (Å²) in [7, 11) is -3.88. The first-order valence-electron chi connectivity index (χ1n) is 9.17. The first kappa shape index (κ1) is 18.5. The minimum atomic E-state index is -3.88. The quantitative estimate of drug-likeness (QED) is 0.789. The van der Waals surface area contributed by atoms with Gasteiger partial charge in [0.2, 0.25) is 17.8 Å². The number of imide groups is 1. The topological polar surface area (TPSA) is 109 Å². The molecule has 2 fully saturated rings. The average Bonchev–Trinajstić information content (AvgIpc) is 2.93. The summed E-state index contributed by atoms with van der Waals surface area (Å²) in [4.78, 5) is 34.4. The fourth-order valence-electron chi connectivity index (χ4n) is 3.87. The maximum absolute atomic E-state index is 12.7. The van der Waals surface area contributed by atoms with E-state index in [4.69, 9.17) is 0 Å². The van der Waals surface area contributed by atoms with E-state index in [2.05, 4.69) is 14.7 Å². The lowest BCUT2D eigenvalue weighted by Gasteiger charge is -2.19. The summed E-state index contributed by atoms with van der Waals surface area (Å²) in [6.45, 7) is 1.73. The highest BCUT2D eigenvalue weighted by molar-refractivity contribution is 7.92. The van der Waals surface area contributed by atoms with Crippen molar-refractivity contribution in [3.63, 3.8) is 0 Å². The molecule has 9 heteroatoms. The zero-order valence-electron chi connectivity index (χ0n) is 15.3. The van der Waals surface area contributed by atoms with Crippen molar-refractivity contribution < 1.29 is 18.0 Å². The Bertz CT molecular complexity index is 1010. The highest BCUT2D eigenvalue weighted by atomic mass is 32.2. The van der Waals surface area contributed by atoms with E-state index >= 15 is 0 Å². The molecule has 2 amide bonds. The molecule has 8 nitrogen and oxygen atoms in total. The average molecular weight is 400 g/mol. The first-order valence-corrected chi connectivity index (χ1v) is 10.7. The highest BCUT2D eigenvalue weighted by Gasteiger charge is 2.48. The third kappa shape index (κ3) is 3.26. The number of nitrogens with zero attached hydrogens (tertiary/aromatic N) is 3. The van der Waals surface area contributed by atoms with Crippen molar-refractivity contribution in [2.45, 2.75) is 37.5 Å². The minimum Gasteiger partial charge on any atom is -0.274 e. The molecule has 2 atom stereocenters. The van der Waals surface area contributed by atoms with Crippen LogP contribution in [0.3, 0.4) is 0 Å². The number of hydrogen-bond donors (Lipinski definition) is 1. The normalized spacial score (nSPS) is 22.2. The van der Waals surface area contributed by atoms with Crippen LogP contribution in [-0.4, -0.2) is 30.2 Å². The smallest absolute Gasteiger partial charge is 0.264 e. The van der Waals surface area contributed by atoms with Crippen LogP contribution in [0.4, 0.5) is 11.6 Å². The number of carbonyl (C=O) groups excluding carboxylic acids is 2. The van der Waals surface area contributed by atoms with E-state index in [9.17, 15) is 18.0 Å². The van der Waals surface area contributed by atoms with E-state index in [0.29, 0.717) is 11.4 Å². The van der Waals surface area contributed by atoms with Crippen molar-refractivity contribution in [2.24, 2.45) is 11.8 Å². The van der Waals surface area contributed by atoms with Gasteiger partial charge >= 0.3 is 0 Å². The summed E-state index contributed by atoms with van der Waals surface area (Å²) < 4.78 is 27.4. The van der Waals surface area contributed by atoms with Crippen LogP contribution in [0.15, 0.2) is 41.4 Å². The van der Waals surface area contributed by atoms with Gasteiger partial charge in [0, 0.05) is 11.9 Å². The van der Waals surface area contributed by atoms with Gasteiger partial charge < -0.3 is 0 Å². The molecule has 0 radical (unpaired) electrons. The number of hydrogen-bond acceptors (Lipinski definition) is 6. The monoisotopic (exact) mass is 400 g/mol. The summed E-state index contributed by atoms with van der Waals surface area (Å²) in [5, 5.41) is 0. The summed E-state index contributed by atoms with van der Waals surface area (Å²) in [5.74, 6) is -0.874. The zero-order valence-corrected chi connectivity index (χ0v) is 16.1. The number of aryl methyl sites for hydroxylation is 1. The summed E-state index contributed by atoms with van der Waals surface area (Å²) in [6, 6.07) is 7.37. The Hall–Kier alpha value is -2.81. The molecule has 2 aromatic rings. The number of anilines is 2. The van der Waals surface area contributed by atoms with Crippen molar-refractivity contribution in [2.75, 3.05) is 9.62 Å². The molecule has 1 N–H and O–H groups in total. The molecule has 0 unspecified atom stereocenters. The molecule has 0 spiro atoms. The van der Waals surface area contributed by atoms with Crippen molar-refractivity contribution >= 4 is 33.5 Å².